The summed E-state index contributed by atoms with van der Waals surface area (Å²) < 4.78 is 5.62. The standard InChI is InChI=1S/C23H27NO4S/c1-13(2)28-10-9-24-19(22-16(5)8-11-29-22)18(21(26)23(24)27)20(25)17-12-14(3)6-7-15(17)4/h6-8,11-13,19,25H,9-10H2,1-5H3/b20-18+. The van der Waals surface area contributed by atoms with Crippen molar-refractivity contribution in [2.45, 2.75) is 46.8 Å². The predicted octanol–water partition coefficient (Wildman–Crippen LogP) is 4.52. The van der Waals surface area contributed by atoms with E-state index in [2.05, 4.69) is 0 Å². The summed E-state index contributed by atoms with van der Waals surface area (Å²) in [5.41, 5.74) is 3.55. The first-order valence-corrected chi connectivity index (χ1v) is 10.6. The van der Waals surface area contributed by atoms with E-state index in [-0.39, 0.29) is 24.0 Å². The van der Waals surface area contributed by atoms with Crippen molar-refractivity contribution in [2.75, 3.05) is 13.2 Å². The summed E-state index contributed by atoms with van der Waals surface area (Å²) in [6, 6.07) is 7.06. The van der Waals surface area contributed by atoms with Crippen molar-refractivity contribution in [3.63, 3.8) is 0 Å². The molecule has 0 aliphatic carbocycles. The maximum atomic E-state index is 13.0. The van der Waals surface area contributed by atoms with Gasteiger partial charge in [-0.3, -0.25) is 9.59 Å². The van der Waals surface area contributed by atoms with E-state index in [0.29, 0.717) is 12.2 Å². The minimum Gasteiger partial charge on any atom is -0.507 e. The Kier molecular flexibility index (Phi) is 6.24. The van der Waals surface area contributed by atoms with Crippen LogP contribution in [-0.4, -0.2) is 41.0 Å². The van der Waals surface area contributed by atoms with E-state index in [1.165, 1.54) is 16.2 Å². The number of ether oxygens (including phenoxy) is 1. The molecule has 1 aliphatic heterocycles. The normalized spacial score (nSPS) is 18.8. The minimum absolute atomic E-state index is 0.0312. The zero-order chi connectivity index (χ0) is 21.3. The quantitative estimate of drug-likeness (QED) is 0.430. The molecule has 29 heavy (non-hydrogen) atoms. The zero-order valence-corrected chi connectivity index (χ0v) is 18.3. The van der Waals surface area contributed by atoms with E-state index in [4.69, 9.17) is 4.74 Å². The molecule has 1 unspecified atom stereocenters. The second-order valence-corrected chi connectivity index (χ2v) is 8.65. The molecule has 154 valence electrons. The van der Waals surface area contributed by atoms with E-state index in [0.717, 1.165) is 21.6 Å². The lowest BCUT2D eigenvalue weighted by atomic mass is 9.95. The highest BCUT2D eigenvalue weighted by Crippen LogP contribution is 2.42. The highest BCUT2D eigenvalue weighted by Gasteiger charge is 2.47. The third-order valence-corrected chi connectivity index (χ3v) is 6.19. The number of Topliss-reactive ketones (excluding diaryl/α,β-unsaturated/α-hetero) is 1. The summed E-state index contributed by atoms with van der Waals surface area (Å²) in [4.78, 5) is 28.3. The first-order valence-electron chi connectivity index (χ1n) is 9.74. The van der Waals surface area contributed by atoms with Gasteiger partial charge >= 0.3 is 0 Å². The number of carbonyl (C=O) groups excluding carboxylic acids is 2. The van der Waals surface area contributed by atoms with Crippen LogP contribution in [0.1, 0.15) is 47.0 Å². The summed E-state index contributed by atoms with van der Waals surface area (Å²) in [5.74, 6) is -1.36. The van der Waals surface area contributed by atoms with Gasteiger partial charge in [0.25, 0.3) is 11.7 Å². The summed E-state index contributed by atoms with van der Waals surface area (Å²) >= 11 is 1.49. The van der Waals surface area contributed by atoms with Gasteiger partial charge < -0.3 is 14.7 Å². The van der Waals surface area contributed by atoms with Gasteiger partial charge in [0, 0.05) is 17.0 Å². The van der Waals surface area contributed by atoms with Gasteiger partial charge in [-0.2, -0.15) is 0 Å². The van der Waals surface area contributed by atoms with E-state index < -0.39 is 17.7 Å². The van der Waals surface area contributed by atoms with Crippen molar-refractivity contribution in [3.8, 4) is 0 Å². The van der Waals surface area contributed by atoms with Gasteiger partial charge in [0.05, 0.1) is 24.3 Å². The summed E-state index contributed by atoms with van der Waals surface area (Å²) in [7, 11) is 0. The fourth-order valence-corrected chi connectivity index (χ4v) is 4.62. The van der Waals surface area contributed by atoms with Crippen LogP contribution in [0.25, 0.3) is 5.76 Å². The molecular formula is C23H27NO4S. The molecule has 0 bridgehead atoms. The van der Waals surface area contributed by atoms with Crippen LogP contribution in [0.5, 0.6) is 0 Å². The number of carbonyl (C=O) groups is 2. The van der Waals surface area contributed by atoms with Crippen molar-refractivity contribution < 1.29 is 19.4 Å². The van der Waals surface area contributed by atoms with Crippen LogP contribution in [0, 0.1) is 20.8 Å². The molecule has 0 radical (unpaired) electrons. The molecule has 1 saturated heterocycles. The van der Waals surface area contributed by atoms with Crippen LogP contribution >= 0.6 is 11.3 Å². The number of aliphatic hydroxyl groups excluding tert-OH is 1. The number of hydrogen-bond acceptors (Lipinski definition) is 5. The number of ketones is 1. The number of aliphatic hydroxyl groups is 1. The topological polar surface area (TPSA) is 66.8 Å². The molecule has 1 amide bonds. The van der Waals surface area contributed by atoms with Gasteiger partial charge in [0.15, 0.2) is 0 Å². The Hall–Kier alpha value is -2.44. The second-order valence-electron chi connectivity index (χ2n) is 7.70. The molecular weight excluding hydrogens is 386 g/mol. The van der Waals surface area contributed by atoms with E-state index in [9.17, 15) is 14.7 Å². The molecule has 1 atom stereocenters. The van der Waals surface area contributed by atoms with Crippen molar-refractivity contribution in [1.82, 2.24) is 4.90 Å². The number of aryl methyl sites for hydroxylation is 3. The molecule has 5 nitrogen and oxygen atoms in total. The van der Waals surface area contributed by atoms with Crippen LogP contribution in [-0.2, 0) is 14.3 Å². The first-order chi connectivity index (χ1) is 13.7. The summed E-state index contributed by atoms with van der Waals surface area (Å²) in [6.07, 6.45) is 0.0312. The number of thiophene rings is 1. The number of nitrogens with zero attached hydrogens (tertiary/aromatic N) is 1. The van der Waals surface area contributed by atoms with E-state index in [1.54, 1.807) is 0 Å². The Bertz CT molecular complexity index is 973. The molecule has 0 saturated carbocycles. The Morgan fingerprint density at radius 1 is 1.17 bits per heavy atom. The van der Waals surface area contributed by atoms with E-state index >= 15 is 0 Å². The summed E-state index contributed by atoms with van der Waals surface area (Å²) in [5, 5.41) is 13.1. The third-order valence-electron chi connectivity index (χ3n) is 5.12. The Balaban J connectivity index is 2.13. The Morgan fingerprint density at radius 2 is 1.90 bits per heavy atom. The maximum Gasteiger partial charge on any atom is 0.295 e. The van der Waals surface area contributed by atoms with E-state index in [1.807, 2.05) is 64.3 Å². The molecule has 1 N–H and O–H groups in total. The fourth-order valence-electron chi connectivity index (χ4n) is 3.57. The van der Waals surface area contributed by atoms with Crippen LogP contribution in [0.3, 0.4) is 0 Å². The van der Waals surface area contributed by atoms with Crippen molar-refractivity contribution in [1.29, 1.82) is 0 Å². The van der Waals surface area contributed by atoms with Gasteiger partial charge in [0.2, 0.25) is 0 Å². The second kappa shape index (κ2) is 8.51. The zero-order valence-electron chi connectivity index (χ0n) is 17.5. The van der Waals surface area contributed by atoms with Gasteiger partial charge in [-0.05, 0) is 63.3 Å². The van der Waals surface area contributed by atoms with Gasteiger partial charge in [-0.1, -0.05) is 17.7 Å². The minimum atomic E-state index is -0.647. The van der Waals surface area contributed by atoms with Crippen molar-refractivity contribution >= 4 is 28.8 Å². The molecule has 1 aromatic carbocycles. The summed E-state index contributed by atoms with van der Waals surface area (Å²) in [6.45, 7) is 10.2. The van der Waals surface area contributed by atoms with Crippen LogP contribution < -0.4 is 0 Å². The van der Waals surface area contributed by atoms with Crippen molar-refractivity contribution in [3.05, 3.63) is 62.3 Å². The number of hydrogen-bond donors (Lipinski definition) is 1. The molecule has 1 fully saturated rings. The van der Waals surface area contributed by atoms with Gasteiger partial charge in [-0.25, -0.2) is 0 Å². The average Bonchev–Trinajstić information content (AvgIpc) is 3.18. The lowest BCUT2D eigenvalue weighted by Crippen LogP contribution is -2.33. The average molecular weight is 414 g/mol. The monoisotopic (exact) mass is 413 g/mol. The maximum absolute atomic E-state index is 13.0. The number of benzene rings is 1. The van der Waals surface area contributed by atoms with Crippen LogP contribution in [0.15, 0.2) is 35.2 Å². The number of rotatable bonds is 6. The molecule has 2 heterocycles. The van der Waals surface area contributed by atoms with Crippen LogP contribution in [0.2, 0.25) is 0 Å². The highest BCUT2D eigenvalue weighted by atomic mass is 32.1. The first kappa shape index (κ1) is 21.3. The number of likely N-dealkylation sites (tertiary alicyclic amines) is 1. The number of amides is 1. The Labute approximate surface area is 175 Å². The molecule has 0 spiro atoms. The third kappa shape index (κ3) is 4.14. The smallest absolute Gasteiger partial charge is 0.295 e. The lowest BCUT2D eigenvalue weighted by Gasteiger charge is -2.25. The van der Waals surface area contributed by atoms with Crippen LogP contribution in [0.4, 0.5) is 0 Å². The predicted molar refractivity (Wildman–Crippen MR) is 115 cm³/mol. The lowest BCUT2D eigenvalue weighted by molar-refractivity contribution is -0.140. The molecule has 2 aromatic rings. The molecule has 1 aliphatic rings. The van der Waals surface area contributed by atoms with Gasteiger partial charge in [-0.15, -0.1) is 11.3 Å². The highest BCUT2D eigenvalue weighted by molar-refractivity contribution is 7.10. The van der Waals surface area contributed by atoms with Gasteiger partial charge in [0.1, 0.15) is 5.76 Å². The molecule has 3 rings (SSSR count). The largest absolute Gasteiger partial charge is 0.507 e. The fraction of sp³-hybridized carbons (Fsp3) is 0.391. The SMILES string of the molecule is Cc1ccc(C)c(/C(O)=C2\C(=O)C(=O)N(CCOC(C)C)C2c2sccc2C)c1. The molecule has 6 heteroatoms. The molecule has 1 aromatic heterocycles. The van der Waals surface area contributed by atoms with Crippen molar-refractivity contribution in [2.24, 2.45) is 0 Å². The Morgan fingerprint density at radius 3 is 2.52 bits per heavy atom.